The number of carbonyl (C=O) groups is 3. The quantitative estimate of drug-likeness (QED) is 0.372. The fourth-order valence-electron chi connectivity index (χ4n) is 3.31. The van der Waals surface area contributed by atoms with Gasteiger partial charge < -0.3 is 21.6 Å². The van der Waals surface area contributed by atoms with Gasteiger partial charge in [-0.05, 0) is 35.9 Å². The number of hydrogen-bond donors (Lipinski definition) is 4. The summed E-state index contributed by atoms with van der Waals surface area (Å²) in [5, 5.41) is 17.6. The number of fused-ring (bicyclic) bond motifs is 1. The van der Waals surface area contributed by atoms with Gasteiger partial charge in [0, 0.05) is 28.3 Å². The zero-order valence-corrected chi connectivity index (χ0v) is 15.4. The van der Waals surface area contributed by atoms with Gasteiger partial charge in [0.05, 0.1) is 5.56 Å². The van der Waals surface area contributed by atoms with E-state index in [0.717, 1.165) is 0 Å². The lowest BCUT2D eigenvalue weighted by Crippen LogP contribution is -2.18. The molecule has 2 heterocycles. The lowest BCUT2D eigenvalue weighted by Gasteiger charge is -2.12. The van der Waals surface area contributed by atoms with Gasteiger partial charge >= 0.3 is 0 Å². The van der Waals surface area contributed by atoms with Crippen LogP contribution < -0.4 is 11.5 Å². The van der Waals surface area contributed by atoms with Crippen LogP contribution in [0, 0.1) is 0 Å². The molecule has 148 valence electrons. The summed E-state index contributed by atoms with van der Waals surface area (Å²) in [4.78, 5) is 40.1. The third kappa shape index (κ3) is 3.04. The molecular weight excluding hydrogens is 386 g/mol. The molecule has 30 heavy (non-hydrogen) atoms. The van der Waals surface area contributed by atoms with E-state index in [1.54, 1.807) is 18.2 Å². The minimum Gasteiger partial charge on any atom is -0.508 e. The number of phenolic OH excluding ortho intramolecular Hbond substituents is 1. The van der Waals surface area contributed by atoms with Crippen molar-refractivity contribution in [2.45, 2.75) is 0 Å². The van der Waals surface area contributed by atoms with Crippen molar-refractivity contribution >= 4 is 28.6 Å². The second-order valence-corrected chi connectivity index (χ2v) is 6.50. The smallest absolute Gasteiger partial charge is 0.269 e. The molecule has 0 unspecified atom stereocenters. The lowest BCUT2D eigenvalue weighted by molar-refractivity contribution is 0.0987. The van der Waals surface area contributed by atoms with E-state index in [0.29, 0.717) is 11.1 Å². The van der Waals surface area contributed by atoms with Crippen molar-refractivity contribution in [3.8, 4) is 16.9 Å². The van der Waals surface area contributed by atoms with Crippen molar-refractivity contribution in [3.05, 3.63) is 77.1 Å². The van der Waals surface area contributed by atoms with Gasteiger partial charge in [0.2, 0.25) is 5.91 Å². The van der Waals surface area contributed by atoms with Crippen molar-refractivity contribution in [2.24, 2.45) is 11.5 Å². The van der Waals surface area contributed by atoms with Crippen molar-refractivity contribution in [1.29, 1.82) is 0 Å². The van der Waals surface area contributed by atoms with Gasteiger partial charge in [0.15, 0.2) is 17.1 Å². The van der Waals surface area contributed by atoms with Crippen LogP contribution in [0.5, 0.6) is 5.75 Å². The molecule has 0 spiro atoms. The van der Waals surface area contributed by atoms with Crippen molar-refractivity contribution in [1.82, 2.24) is 15.2 Å². The highest BCUT2D eigenvalue weighted by atomic mass is 16.3. The fraction of sp³-hybridized carbons (Fsp3) is 0. The molecule has 0 bridgehead atoms. The number of nitrogens with two attached hydrogens (primary N) is 2. The Bertz CT molecular complexity index is 1330. The third-order valence-corrected chi connectivity index (χ3v) is 4.67. The second kappa shape index (κ2) is 7.13. The summed E-state index contributed by atoms with van der Waals surface area (Å²) in [5.41, 5.74) is 12.2. The number of aromatic nitrogens is 3. The Morgan fingerprint density at radius 2 is 1.57 bits per heavy atom. The van der Waals surface area contributed by atoms with E-state index < -0.39 is 11.8 Å². The molecule has 0 aliphatic rings. The molecule has 2 aromatic carbocycles. The summed E-state index contributed by atoms with van der Waals surface area (Å²) in [6.45, 7) is 0. The zero-order valence-electron chi connectivity index (χ0n) is 15.4. The molecule has 6 N–H and O–H groups in total. The maximum atomic E-state index is 13.2. The minimum atomic E-state index is -0.872. The van der Waals surface area contributed by atoms with Crippen LogP contribution in [0.15, 0.2) is 54.7 Å². The molecule has 4 rings (SSSR count). The van der Waals surface area contributed by atoms with Crippen LogP contribution in [0.2, 0.25) is 0 Å². The van der Waals surface area contributed by atoms with Gasteiger partial charge in [0.25, 0.3) is 5.91 Å². The molecule has 0 radical (unpaired) electrons. The predicted molar refractivity (Wildman–Crippen MR) is 108 cm³/mol. The summed E-state index contributed by atoms with van der Waals surface area (Å²) in [6.07, 6.45) is 1.44. The number of phenols is 1. The number of amides is 2. The highest BCUT2D eigenvalue weighted by molar-refractivity contribution is 6.21. The van der Waals surface area contributed by atoms with Gasteiger partial charge in [0.1, 0.15) is 5.75 Å². The number of primary amides is 2. The van der Waals surface area contributed by atoms with Gasteiger partial charge in [-0.25, -0.2) is 0 Å². The van der Waals surface area contributed by atoms with Gasteiger partial charge in [-0.1, -0.05) is 18.2 Å². The number of hydrogen-bond acceptors (Lipinski definition) is 6. The Morgan fingerprint density at radius 1 is 0.867 bits per heavy atom. The van der Waals surface area contributed by atoms with E-state index in [1.165, 1.54) is 36.5 Å². The van der Waals surface area contributed by atoms with Gasteiger partial charge in [-0.3, -0.25) is 14.4 Å². The molecule has 4 aromatic rings. The van der Waals surface area contributed by atoms with E-state index in [9.17, 15) is 19.5 Å². The predicted octanol–water partition coefficient (Wildman–Crippen LogP) is 1.76. The molecule has 0 fully saturated rings. The molecule has 0 saturated carbocycles. The Labute approximate surface area is 169 Å². The first-order chi connectivity index (χ1) is 14.4. The maximum Gasteiger partial charge on any atom is 0.269 e. The Morgan fingerprint density at radius 3 is 2.23 bits per heavy atom. The fourth-order valence-corrected chi connectivity index (χ4v) is 3.31. The van der Waals surface area contributed by atoms with Crippen LogP contribution in [0.4, 0.5) is 0 Å². The molecule has 0 aliphatic heterocycles. The minimum absolute atomic E-state index is 0.0171. The largest absolute Gasteiger partial charge is 0.508 e. The Hall–Kier alpha value is -4.53. The Balaban J connectivity index is 2.06. The summed E-state index contributed by atoms with van der Waals surface area (Å²) >= 11 is 0. The summed E-state index contributed by atoms with van der Waals surface area (Å²) in [7, 11) is 0. The monoisotopic (exact) mass is 401 g/mol. The molecule has 2 amide bonds. The Kier molecular flexibility index (Phi) is 4.47. The second-order valence-electron chi connectivity index (χ2n) is 6.50. The van der Waals surface area contributed by atoms with Crippen LogP contribution in [0.25, 0.3) is 22.2 Å². The van der Waals surface area contributed by atoms with E-state index in [2.05, 4.69) is 15.2 Å². The average Bonchev–Trinajstić information content (AvgIpc) is 3.17. The normalized spacial score (nSPS) is 10.8. The van der Waals surface area contributed by atoms with E-state index >= 15 is 0 Å². The maximum absolute atomic E-state index is 13.2. The molecule has 2 aromatic heterocycles. The van der Waals surface area contributed by atoms with Crippen molar-refractivity contribution in [2.75, 3.05) is 0 Å². The highest BCUT2D eigenvalue weighted by Crippen LogP contribution is 2.35. The van der Waals surface area contributed by atoms with Gasteiger partial charge in [-0.2, -0.15) is 0 Å². The van der Waals surface area contributed by atoms with E-state index in [-0.39, 0.29) is 45.0 Å². The van der Waals surface area contributed by atoms with Gasteiger partial charge in [-0.15, -0.1) is 10.2 Å². The van der Waals surface area contributed by atoms with Crippen LogP contribution in [0.1, 0.15) is 36.8 Å². The molecular formula is C21H15N5O4. The number of benzene rings is 2. The molecule has 0 aliphatic carbocycles. The highest BCUT2D eigenvalue weighted by Gasteiger charge is 2.26. The SMILES string of the molecule is NC(=O)c1ccccc1-c1c(C(N)=O)nnc2[nH]cc(C(=O)c3ccc(O)cc3)c12. The zero-order chi connectivity index (χ0) is 21.4. The first kappa shape index (κ1) is 18.8. The number of nitrogens with one attached hydrogen (secondary N) is 1. The van der Waals surface area contributed by atoms with Crippen molar-refractivity contribution in [3.63, 3.8) is 0 Å². The standard InChI is InChI=1S/C21H15N5O4/c22-19(29)13-4-2-1-3-12(13)15-16-14(18(28)10-5-7-11(27)8-6-10)9-24-21(16)26-25-17(15)20(23)30/h1-9,27H,(H2,22,29)(H2,23,30)(H,24,26). The number of nitrogens with zero attached hydrogens (tertiary/aromatic N) is 2. The topological polar surface area (TPSA) is 165 Å². The molecule has 9 heteroatoms. The molecule has 0 saturated heterocycles. The summed E-state index contributed by atoms with van der Waals surface area (Å²) < 4.78 is 0. The number of rotatable bonds is 5. The first-order valence-corrected chi connectivity index (χ1v) is 8.79. The summed E-state index contributed by atoms with van der Waals surface area (Å²) in [5.74, 6) is -1.96. The molecule has 9 nitrogen and oxygen atoms in total. The van der Waals surface area contributed by atoms with Crippen molar-refractivity contribution < 1.29 is 19.5 Å². The lowest BCUT2D eigenvalue weighted by atomic mass is 9.92. The number of aromatic hydroxyl groups is 1. The van der Waals surface area contributed by atoms with Crippen LogP contribution in [-0.2, 0) is 0 Å². The van der Waals surface area contributed by atoms with Crippen LogP contribution in [0.3, 0.4) is 0 Å². The average molecular weight is 401 g/mol. The number of H-pyrrole nitrogens is 1. The third-order valence-electron chi connectivity index (χ3n) is 4.67. The van der Waals surface area contributed by atoms with Crippen LogP contribution >= 0.6 is 0 Å². The number of aromatic amines is 1. The first-order valence-electron chi connectivity index (χ1n) is 8.79. The number of carbonyl (C=O) groups excluding carboxylic acids is 3. The summed E-state index contributed by atoms with van der Waals surface area (Å²) in [6, 6.07) is 12.1. The van der Waals surface area contributed by atoms with E-state index in [1.807, 2.05) is 0 Å². The molecule has 0 atom stereocenters. The van der Waals surface area contributed by atoms with Crippen LogP contribution in [-0.4, -0.2) is 37.9 Å². The number of ketones is 1. The van der Waals surface area contributed by atoms with E-state index in [4.69, 9.17) is 11.5 Å².